The van der Waals surface area contributed by atoms with Gasteiger partial charge in [0.15, 0.2) is 0 Å². The summed E-state index contributed by atoms with van der Waals surface area (Å²) in [5.74, 6) is -0.0765. The number of carbonyl (C=O) groups is 1. The molecule has 0 heterocycles. The summed E-state index contributed by atoms with van der Waals surface area (Å²) in [5.41, 5.74) is -1.12. The van der Waals surface area contributed by atoms with Crippen molar-refractivity contribution in [1.82, 2.24) is 0 Å². The summed E-state index contributed by atoms with van der Waals surface area (Å²) < 4.78 is 44.2. The van der Waals surface area contributed by atoms with Crippen LogP contribution in [0, 0.1) is 0 Å². The van der Waals surface area contributed by atoms with E-state index < -0.39 is 17.6 Å². The first-order valence-electron chi connectivity index (χ1n) is 6.72. The monoisotopic (exact) mass is 343 g/mol. The lowest BCUT2D eigenvalue weighted by Crippen LogP contribution is -2.16. The molecule has 7 heteroatoms. The zero-order valence-corrected chi connectivity index (χ0v) is 12.8. The lowest BCUT2D eigenvalue weighted by Gasteiger charge is -2.14. The van der Waals surface area contributed by atoms with Crippen LogP contribution in [-0.2, 0) is 6.18 Å². The second-order valence-electron chi connectivity index (χ2n) is 4.60. The van der Waals surface area contributed by atoms with E-state index in [9.17, 15) is 18.0 Å². The largest absolute Gasteiger partial charge is 0.494 e. The van der Waals surface area contributed by atoms with Crippen LogP contribution in [0.2, 0.25) is 5.02 Å². The molecule has 0 saturated heterocycles. The van der Waals surface area contributed by atoms with Crippen LogP contribution in [0.5, 0.6) is 5.75 Å². The van der Waals surface area contributed by atoms with E-state index in [2.05, 4.69) is 5.32 Å². The first-order chi connectivity index (χ1) is 10.8. The van der Waals surface area contributed by atoms with Crippen LogP contribution in [-0.4, -0.2) is 12.5 Å². The predicted octanol–water partition coefficient (Wildman–Crippen LogP) is 5.01. The Bertz CT molecular complexity index is 699. The minimum atomic E-state index is -4.62. The number of carbonyl (C=O) groups excluding carboxylic acids is 1. The van der Waals surface area contributed by atoms with Crippen molar-refractivity contribution in [3.63, 3.8) is 0 Å². The molecule has 0 aliphatic carbocycles. The highest BCUT2D eigenvalue weighted by Crippen LogP contribution is 2.36. The zero-order valence-electron chi connectivity index (χ0n) is 12.1. The molecule has 0 unspecified atom stereocenters. The molecule has 0 aliphatic heterocycles. The van der Waals surface area contributed by atoms with Gasteiger partial charge in [-0.25, -0.2) is 0 Å². The first kappa shape index (κ1) is 17.1. The second-order valence-corrected chi connectivity index (χ2v) is 5.04. The van der Waals surface area contributed by atoms with Crippen LogP contribution < -0.4 is 10.1 Å². The van der Waals surface area contributed by atoms with Gasteiger partial charge in [0.25, 0.3) is 5.91 Å². The number of amides is 1. The molecular formula is C16H13ClF3NO2. The predicted molar refractivity (Wildman–Crippen MR) is 82.0 cm³/mol. The van der Waals surface area contributed by atoms with Crippen LogP contribution in [0.25, 0.3) is 0 Å². The molecule has 0 aliphatic rings. The van der Waals surface area contributed by atoms with Crippen molar-refractivity contribution in [3.05, 3.63) is 58.6 Å². The summed E-state index contributed by atoms with van der Waals surface area (Å²) in [7, 11) is 0. The number of nitrogens with one attached hydrogen (secondary N) is 1. The van der Waals surface area contributed by atoms with Gasteiger partial charge in [-0.2, -0.15) is 13.2 Å². The molecule has 23 heavy (non-hydrogen) atoms. The molecule has 0 atom stereocenters. The van der Waals surface area contributed by atoms with Gasteiger partial charge in [-0.15, -0.1) is 0 Å². The van der Waals surface area contributed by atoms with Crippen molar-refractivity contribution in [1.29, 1.82) is 0 Å². The summed E-state index contributed by atoms with van der Waals surface area (Å²) in [6, 6.07) is 9.28. The standard InChI is InChI=1S/C16H13ClF3NO2/c1-2-23-12-6-3-10(4-7-12)15(22)21-14-8-5-11(17)9-13(14)16(18,19)20/h3-9H,2H2,1H3,(H,21,22). The van der Waals surface area contributed by atoms with Gasteiger partial charge in [0.1, 0.15) is 5.75 Å². The quantitative estimate of drug-likeness (QED) is 0.847. The van der Waals surface area contributed by atoms with E-state index in [1.54, 1.807) is 12.1 Å². The van der Waals surface area contributed by atoms with Crippen LogP contribution in [0.15, 0.2) is 42.5 Å². The smallest absolute Gasteiger partial charge is 0.418 e. The number of halogens is 4. The second kappa shape index (κ2) is 6.91. The molecule has 0 radical (unpaired) electrons. The Kier molecular flexibility index (Phi) is 5.15. The molecule has 2 aromatic rings. The Balaban J connectivity index is 2.23. The third-order valence-corrected chi connectivity index (χ3v) is 3.20. The van der Waals surface area contributed by atoms with Crippen molar-refractivity contribution in [2.75, 3.05) is 11.9 Å². The summed E-state index contributed by atoms with van der Waals surface area (Å²) in [4.78, 5) is 12.1. The van der Waals surface area contributed by atoms with Crippen molar-refractivity contribution in [2.45, 2.75) is 13.1 Å². The van der Waals surface area contributed by atoms with Gasteiger partial charge in [0, 0.05) is 10.6 Å². The third kappa shape index (κ3) is 4.39. The summed E-state index contributed by atoms with van der Waals surface area (Å²) >= 11 is 5.60. The van der Waals surface area contributed by atoms with Crippen LogP contribution in [0.1, 0.15) is 22.8 Å². The van der Waals surface area contributed by atoms with E-state index in [4.69, 9.17) is 16.3 Å². The normalized spacial score (nSPS) is 11.2. The summed E-state index contributed by atoms with van der Waals surface area (Å²) in [6.07, 6.45) is -4.62. The SMILES string of the molecule is CCOc1ccc(C(=O)Nc2ccc(Cl)cc2C(F)(F)F)cc1. The molecular weight excluding hydrogens is 331 g/mol. The maximum atomic E-state index is 13.0. The molecule has 1 N–H and O–H groups in total. The lowest BCUT2D eigenvalue weighted by molar-refractivity contribution is -0.136. The first-order valence-corrected chi connectivity index (χ1v) is 7.10. The molecule has 1 amide bonds. The molecule has 0 saturated carbocycles. The summed E-state index contributed by atoms with van der Waals surface area (Å²) in [6.45, 7) is 2.30. The number of alkyl halides is 3. The van der Waals surface area contributed by atoms with Gasteiger partial charge in [0.2, 0.25) is 0 Å². The van der Waals surface area contributed by atoms with Crippen molar-refractivity contribution in [3.8, 4) is 5.75 Å². The topological polar surface area (TPSA) is 38.3 Å². The molecule has 0 aromatic heterocycles. The van der Waals surface area contributed by atoms with E-state index in [-0.39, 0.29) is 16.3 Å². The highest BCUT2D eigenvalue weighted by molar-refractivity contribution is 6.30. The van der Waals surface area contributed by atoms with Gasteiger partial charge in [0.05, 0.1) is 17.9 Å². The number of rotatable bonds is 4. The molecule has 0 spiro atoms. The molecule has 0 fully saturated rings. The molecule has 2 aromatic carbocycles. The molecule has 0 bridgehead atoms. The number of hydrogen-bond acceptors (Lipinski definition) is 2. The fourth-order valence-electron chi connectivity index (χ4n) is 1.92. The van der Waals surface area contributed by atoms with Crippen molar-refractivity contribution in [2.24, 2.45) is 0 Å². The van der Waals surface area contributed by atoms with Gasteiger partial charge in [-0.3, -0.25) is 4.79 Å². The number of anilines is 1. The van der Waals surface area contributed by atoms with E-state index in [0.29, 0.717) is 12.4 Å². The Morgan fingerprint density at radius 2 is 1.83 bits per heavy atom. The minimum Gasteiger partial charge on any atom is -0.494 e. The highest BCUT2D eigenvalue weighted by Gasteiger charge is 2.34. The third-order valence-electron chi connectivity index (χ3n) is 2.96. The number of benzene rings is 2. The summed E-state index contributed by atoms with van der Waals surface area (Å²) in [5, 5.41) is 2.19. The number of ether oxygens (including phenoxy) is 1. The zero-order chi connectivity index (χ0) is 17.0. The van der Waals surface area contributed by atoms with Gasteiger partial charge in [-0.05, 0) is 49.4 Å². The van der Waals surface area contributed by atoms with Crippen LogP contribution in [0.4, 0.5) is 18.9 Å². The van der Waals surface area contributed by atoms with Gasteiger partial charge >= 0.3 is 6.18 Å². The van der Waals surface area contributed by atoms with Crippen LogP contribution >= 0.6 is 11.6 Å². The Hall–Kier alpha value is -2.21. The molecule has 2 rings (SSSR count). The fraction of sp³-hybridized carbons (Fsp3) is 0.188. The van der Waals surface area contributed by atoms with Crippen LogP contribution in [0.3, 0.4) is 0 Å². The maximum absolute atomic E-state index is 13.0. The van der Waals surface area contributed by atoms with Crippen molar-refractivity contribution >= 4 is 23.2 Å². The van der Waals surface area contributed by atoms with E-state index >= 15 is 0 Å². The number of hydrogen-bond donors (Lipinski definition) is 1. The van der Waals surface area contributed by atoms with Crippen molar-refractivity contribution < 1.29 is 22.7 Å². The van der Waals surface area contributed by atoms with Gasteiger partial charge in [-0.1, -0.05) is 11.6 Å². The van der Waals surface area contributed by atoms with E-state index in [0.717, 1.165) is 12.1 Å². The lowest BCUT2D eigenvalue weighted by atomic mass is 10.1. The van der Waals surface area contributed by atoms with Gasteiger partial charge < -0.3 is 10.1 Å². The molecule has 122 valence electrons. The average Bonchev–Trinajstić information content (AvgIpc) is 2.49. The minimum absolute atomic E-state index is 0.0589. The molecule has 3 nitrogen and oxygen atoms in total. The Morgan fingerprint density at radius 1 is 1.17 bits per heavy atom. The van der Waals surface area contributed by atoms with E-state index in [1.807, 2.05) is 6.92 Å². The Morgan fingerprint density at radius 3 is 2.39 bits per heavy atom. The average molecular weight is 344 g/mol. The fourth-order valence-corrected chi connectivity index (χ4v) is 2.10. The highest BCUT2D eigenvalue weighted by atomic mass is 35.5. The maximum Gasteiger partial charge on any atom is 0.418 e. The van der Waals surface area contributed by atoms with E-state index in [1.165, 1.54) is 18.2 Å². The Labute approximate surface area is 136 Å².